The van der Waals surface area contributed by atoms with Crippen LogP contribution in [0.15, 0.2) is 47.8 Å². The van der Waals surface area contributed by atoms with E-state index in [0.29, 0.717) is 5.13 Å². The van der Waals surface area contributed by atoms with Gasteiger partial charge < -0.3 is 0 Å². The van der Waals surface area contributed by atoms with E-state index in [4.69, 9.17) is 11.6 Å². The van der Waals surface area contributed by atoms with E-state index >= 15 is 0 Å². The SMILES string of the molecule is CCc1ccc(-c2csc(NC(=O)c3ccc([N+](=O)[O-])c(Cl)c3)n2)cc1. The molecule has 0 aliphatic heterocycles. The molecule has 0 saturated carbocycles. The smallest absolute Gasteiger partial charge is 0.287 e. The Kier molecular flexibility index (Phi) is 5.29. The van der Waals surface area contributed by atoms with Crippen LogP contribution in [-0.2, 0) is 6.42 Å². The largest absolute Gasteiger partial charge is 0.298 e. The highest BCUT2D eigenvalue weighted by atomic mass is 35.5. The second kappa shape index (κ2) is 7.63. The summed E-state index contributed by atoms with van der Waals surface area (Å²) < 4.78 is 0. The van der Waals surface area contributed by atoms with Crippen molar-refractivity contribution in [3.8, 4) is 11.3 Å². The van der Waals surface area contributed by atoms with E-state index in [9.17, 15) is 14.9 Å². The number of thiazole rings is 1. The molecule has 132 valence electrons. The molecule has 0 aliphatic rings. The minimum Gasteiger partial charge on any atom is -0.298 e. The summed E-state index contributed by atoms with van der Waals surface area (Å²) in [5, 5.41) is 15.7. The van der Waals surface area contributed by atoms with Gasteiger partial charge in [-0.25, -0.2) is 4.98 Å². The van der Waals surface area contributed by atoms with E-state index < -0.39 is 10.8 Å². The van der Waals surface area contributed by atoms with Crippen LogP contribution in [0.3, 0.4) is 0 Å². The number of rotatable bonds is 5. The normalized spacial score (nSPS) is 10.5. The van der Waals surface area contributed by atoms with Gasteiger partial charge in [0.25, 0.3) is 11.6 Å². The summed E-state index contributed by atoms with van der Waals surface area (Å²) in [5.74, 6) is -0.427. The highest BCUT2D eigenvalue weighted by Gasteiger charge is 2.16. The van der Waals surface area contributed by atoms with E-state index in [2.05, 4.69) is 17.2 Å². The van der Waals surface area contributed by atoms with Crippen molar-refractivity contribution < 1.29 is 9.72 Å². The Balaban J connectivity index is 1.75. The molecule has 1 heterocycles. The first-order chi connectivity index (χ1) is 12.5. The topological polar surface area (TPSA) is 85.1 Å². The average Bonchev–Trinajstić information content (AvgIpc) is 3.09. The van der Waals surface area contributed by atoms with Gasteiger partial charge in [0.1, 0.15) is 5.02 Å². The number of nitro groups is 1. The van der Waals surface area contributed by atoms with E-state index in [0.717, 1.165) is 17.7 Å². The van der Waals surface area contributed by atoms with Crippen molar-refractivity contribution in [1.29, 1.82) is 0 Å². The summed E-state index contributed by atoms with van der Waals surface area (Å²) in [5.41, 5.74) is 2.97. The maximum atomic E-state index is 12.3. The first-order valence-electron chi connectivity index (χ1n) is 7.78. The van der Waals surface area contributed by atoms with Crippen LogP contribution >= 0.6 is 22.9 Å². The van der Waals surface area contributed by atoms with Gasteiger partial charge >= 0.3 is 0 Å². The predicted molar refractivity (Wildman–Crippen MR) is 103 cm³/mol. The van der Waals surface area contributed by atoms with Crippen LogP contribution in [0.5, 0.6) is 0 Å². The highest BCUT2D eigenvalue weighted by Crippen LogP contribution is 2.27. The Morgan fingerprint density at radius 3 is 2.62 bits per heavy atom. The number of aromatic nitrogens is 1. The number of halogens is 1. The number of nitro benzene ring substituents is 1. The second-order valence-electron chi connectivity index (χ2n) is 5.47. The quantitative estimate of drug-likeness (QED) is 0.482. The Morgan fingerprint density at radius 1 is 1.27 bits per heavy atom. The zero-order valence-electron chi connectivity index (χ0n) is 13.7. The van der Waals surface area contributed by atoms with Crippen LogP contribution < -0.4 is 5.32 Å². The van der Waals surface area contributed by atoms with E-state index in [1.54, 1.807) is 0 Å². The molecular formula is C18H14ClN3O3S. The van der Waals surface area contributed by atoms with Crippen LogP contribution in [0.4, 0.5) is 10.8 Å². The number of nitrogens with one attached hydrogen (secondary N) is 1. The van der Waals surface area contributed by atoms with Crippen molar-refractivity contribution in [3.05, 3.63) is 74.1 Å². The molecule has 1 N–H and O–H groups in total. The van der Waals surface area contributed by atoms with Gasteiger partial charge in [0.05, 0.1) is 10.6 Å². The molecule has 3 rings (SSSR count). The van der Waals surface area contributed by atoms with Gasteiger partial charge in [-0.15, -0.1) is 11.3 Å². The molecule has 6 nitrogen and oxygen atoms in total. The number of carbonyl (C=O) groups excluding carboxylic acids is 1. The third-order valence-corrected chi connectivity index (χ3v) is 4.85. The average molecular weight is 388 g/mol. The number of hydrogen-bond acceptors (Lipinski definition) is 5. The maximum absolute atomic E-state index is 12.3. The fraction of sp³-hybridized carbons (Fsp3) is 0.111. The lowest BCUT2D eigenvalue weighted by atomic mass is 10.1. The summed E-state index contributed by atoms with van der Waals surface area (Å²) in [7, 11) is 0. The van der Waals surface area contributed by atoms with Crippen molar-refractivity contribution in [1.82, 2.24) is 4.98 Å². The standard InChI is InChI=1S/C18H14ClN3O3S/c1-2-11-3-5-12(6-4-11)15-10-26-18(20-15)21-17(23)13-7-8-16(22(24)25)14(19)9-13/h3-10H,2H2,1H3,(H,20,21,23). The molecule has 0 unspecified atom stereocenters. The van der Waals surface area contributed by atoms with Crippen molar-refractivity contribution in [2.24, 2.45) is 0 Å². The molecule has 8 heteroatoms. The number of benzene rings is 2. The summed E-state index contributed by atoms with van der Waals surface area (Å²) in [6.45, 7) is 2.09. The molecule has 0 spiro atoms. The van der Waals surface area contributed by atoms with Gasteiger partial charge in [-0.1, -0.05) is 42.8 Å². The Labute approximate surface area is 158 Å². The lowest BCUT2D eigenvalue weighted by Gasteiger charge is -2.03. The lowest BCUT2D eigenvalue weighted by molar-refractivity contribution is -0.384. The number of nitrogens with zero attached hydrogens (tertiary/aromatic N) is 2. The van der Waals surface area contributed by atoms with E-state index in [-0.39, 0.29) is 16.3 Å². The van der Waals surface area contributed by atoms with Crippen molar-refractivity contribution in [2.45, 2.75) is 13.3 Å². The molecular weight excluding hydrogens is 374 g/mol. The predicted octanol–water partition coefficient (Wildman–Crippen LogP) is 5.19. The molecule has 2 aromatic carbocycles. The van der Waals surface area contributed by atoms with Gasteiger partial charge in [-0.3, -0.25) is 20.2 Å². The number of carbonyl (C=O) groups is 1. The molecule has 0 radical (unpaired) electrons. The van der Waals surface area contributed by atoms with Gasteiger partial charge in [0, 0.05) is 22.6 Å². The number of hydrogen-bond donors (Lipinski definition) is 1. The summed E-state index contributed by atoms with van der Waals surface area (Å²) >= 11 is 7.15. The molecule has 1 aromatic heterocycles. The molecule has 1 amide bonds. The number of aryl methyl sites for hydroxylation is 1. The number of anilines is 1. The summed E-state index contributed by atoms with van der Waals surface area (Å²) in [6, 6.07) is 11.9. The van der Waals surface area contributed by atoms with Crippen LogP contribution in [-0.4, -0.2) is 15.8 Å². The monoisotopic (exact) mass is 387 g/mol. The van der Waals surface area contributed by atoms with E-state index in [1.807, 2.05) is 29.6 Å². The van der Waals surface area contributed by atoms with Crippen LogP contribution in [0.2, 0.25) is 5.02 Å². The fourth-order valence-corrected chi connectivity index (χ4v) is 3.30. The molecule has 0 saturated heterocycles. The first kappa shape index (κ1) is 18.0. The van der Waals surface area contributed by atoms with Crippen LogP contribution in [0, 0.1) is 10.1 Å². The molecule has 0 fully saturated rings. The molecule has 0 bridgehead atoms. The third-order valence-electron chi connectivity index (χ3n) is 3.79. The van der Waals surface area contributed by atoms with Gasteiger partial charge in [0.15, 0.2) is 5.13 Å². The molecule has 0 atom stereocenters. The zero-order chi connectivity index (χ0) is 18.7. The van der Waals surface area contributed by atoms with Gasteiger partial charge in [0.2, 0.25) is 0 Å². The van der Waals surface area contributed by atoms with Crippen molar-refractivity contribution in [2.75, 3.05) is 5.32 Å². The maximum Gasteiger partial charge on any atom is 0.287 e. The van der Waals surface area contributed by atoms with Crippen molar-refractivity contribution in [3.63, 3.8) is 0 Å². The molecule has 3 aromatic rings. The van der Waals surface area contributed by atoms with E-state index in [1.165, 1.54) is 35.1 Å². The fourth-order valence-electron chi connectivity index (χ4n) is 2.34. The Morgan fingerprint density at radius 2 is 2.00 bits per heavy atom. The third kappa shape index (κ3) is 3.89. The Bertz CT molecular complexity index is 970. The highest BCUT2D eigenvalue weighted by molar-refractivity contribution is 7.14. The lowest BCUT2D eigenvalue weighted by Crippen LogP contribution is -2.11. The van der Waals surface area contributed by atoms with Crippen molar-refractivity contribution >= 4 is 39.7 Å². The van der Waals surface area contributed by atoms with Crippen LogP contribution in [0.1, 0.15) is 22.8 Å². The first-order valence-corrected chi connectivity index (χ1v) is 9.04. The minimum atomic E-state index is -0.596. The molecule has 0 aliphatic carbocycles. The zero-order valence-corrected chi connectivity index (χ0v) is 15.3. The number of amides is 1. The summed E-state index contributed by atoms with van der Waals surface area (Å²) in [4.78, 5) is 26.9. The summed E-state index contributed by atoms with van der Waals surface area (Å²) in [6.07, 6.45) is 0.969. The molecule has 26 heavy (non-hydrogen) atoms. The Hall–Kier alpha value is -2.77. The minimum absolute atomic E-state index is 0.0847. The van der Waals surface area contributed by atoms with Crippen LogP contribution in [0.25, 0.3) is 11.3 Å². The van der Waals surface area contributed by atoms with Gasteiger partial charge in [-0.2, -0.15) is 0 Å². The second-order valence-corrected chi connectivity index (χ2v) is 6.73. The van der Waals surface area contributed by atoms with Gasteiger partial charge in [-0.05, 0) is 24.1 Å².